The van der Waals surface area contributed by atoms with Crippen LogP contribution in [0.25, 0.3) is 0 Å². The van der Waals surface area contributed by atoms with Crippen LogP contribution in [0, 0.1) is 11.3 Å². The van der Waals surface area contributed by atoms with Crippen LogP contribution in [-0.4, -0.2) is 24.0 Å². The van der Waals surface area contributed by atoms with Gasteiger partial charge in [0.15, 0.2) is 0 Å². The Morgan fingerprint density at radius 3 is 1.86 bits per heavy atom. The number of nitrogens with zero attached hydrogens (tertiary/aromatic N) is 1. The van der Waals surface area contributed by atoms with Crippen molar-refractivity contribution in [2.45, 2.75) is 122 Å². The van der Waals surface area contributed by atoms with E-state index in [1.54, 1.807) is 31.2 Å². The summed E-state index contributed by atoms with van der Waals surface area (Å²) < 4.78 is 5.48. The van der Waals surface area contributed by atoms with Crippen molar-refractivity contribution < 1.29 is 14.3 Å². The molecule has 0 heterocycles. The van der Waals surface area contributed by atoms with E-state index < -0.39 is 17.4 Å². The monoisotopic (exact) mass is 504 g/mol. The molecule has 0 aliphatic carbocycles. The molecule has 5 nitrogen and oxygen atoms in total. The summed E-state index contributed by atoms with van der Waals surface area (Å²) in [7, 11) is 0. The molecule has 0 spiro atoms. The van der Waals surface area contributed by atoms with Crippen molar-refractivity contribution in [2.75, 3.05) is 6.61 Å². The number of ether oxygens (including phenoxy) is 1. The summed E-state index contributed by atoms with van der Waals surface area (Å²) in [6.45, 7) is 4.20. The van der Waals surface area contributed by atoms with Crippen molar-refractivity contribution in [3.8, 4) is 6.07 Å². The molecular weight excluding hydrogens is 460 g/mol. The second-order valence-corrected chi connectivity index (χ2v) is 10.1. The molecule has 0 unspecified atom stereocenters. The zero-order valence-electron chi connectivity index (χ0n) is 21.9. The number of unbranched alkanes of at least 4 members (excludes halogenated alkanes) is 13. The van der Waals surface area contributed by atoms with E-state index in [1.165, 1.54) is 70.6 Å². The van der Waals surface area contributed by atoms with Crippen molar-refractivity contribution in [1.29, 1.82) is 5.26 Å². The van der Waals surface area contributed by atoms with Gasteiger partial charge in [0.1, 0.15) is 5.54 Å². The molecule has 1 rings (SSSR count). The summed E-state index contributed by atoms with van der Waals surface area (Å²) >= 11 is 5.88. The molecule has 35 heavy (non-hydrogen) atoms. The summed E-state index contributed by atoms with van der Waals surface area (Å²) in [6, 6.07) is 8.49. The SMILES string of the molecule is CCCCCCCCCCCCCCCCOC(=O)[C@@](C)(CCC#N)NC(=O)c1ccc(Cl)cc1. The zero-order valence-corrected chi connectivity index (χ0v) is 22.6. The van der Waals surface area contributed by atoms with E-state index in [0.717, 1.165) is 19.3 Å². The topological polar surface area (TPSA) is 79.2 Å². The van der Waals surface area contributed by atoms with Crippen LogP contribution in [0.4, 0.5) is 0 Å². The van der Waals surface area contributed by atoms with Crippen molar-refractivity contribution in [3.63, 3.8) is 0 Å². The minimum Gasteiger partial charge on any atom is -0.464 e. The van der Waals surface area contributed by atoms with E-state index in [2.05, 4.69) is 12.2 Å². The molecule has 0 aliphatic heterocycles. The highest BCUT2D eigenvalue weighted by Crippen LogP contribution is 2.18. The quantitative estimate of drug-likeness (QED) is 0.143. The van der Waals surface area contributed by atoms with Gasteiger partial charge in [-0.25, -0.2) is 4.79 Å². The number of benzene rings is 1. The number of esters is 1. The first kappa shape index (κ1) is 31.0. The van der Waals surface area contributed by atoms with Gasteiger partial charge < -0.3 is 10.1 Å². The molecule has 0 fully saturated rings. The van der Waals surface area contributed by atoms with Gasteiger partial charge in [0.25, 0.3) is 5.91 Å². The molecule has 0 bridgehead atoms. The summed E-state index contributed by atoms with van der Waals surface area (Å²) in [5, 5.41) is 12.3. The Bertz CT molecular complexity index is 760. The van der Waals surface area contributed by atoms with Gasteiger partial charge in [-0.15, -0.1) is 0 Å². The highest BCUT2D eigenvalue weighted by atomic mass is 35.5. The lowest BCUT2D eigenvalue weighted by atomic mass is 9.95. The molecule has 1 N–H and O–H groups in total. The van der Waals surface area contributed by atoms with Crippen LogP contribution in [-0.2, 0) is 9.53 Å². The highest BCUT2D eigenvalue weighted by Gasteiger charge is 2.36. The summed E-state index contributed by atoms with van der Waals surface area (Å²) in [4.78, 5) is 25.4. The molecular formula is C29H45ClN2O3. The Balaban J connectivity index is 2.21. The van der Waals surface area contributed by atoms with Gasteiger partial charge in [-0.2, -0.15) is 5.26 Å². The summed E-state index contributed by atoms with van der Waals surface area (Å²) in [5.41, 5.74) is -0.847. The lowest BCUT2D eigenvalue weighted by Gasteiger charge is -2.28. The Morgan fingerprint density at radius 2 is 1.37 bits per heavy atom. The molecule has 1 amide bonds. The zero-order chi connectivity index (χ0) is 25.8. The summed E-state index contributed by atoms with van der Waals surface area (Å²) in [6.07, 6.45) is 18.1. The van der Waals surface area contributed by atoms with Gasteiger partial charge in [-0.3, -0.25) is 4.79 Å². The first-order valence-corrected chi connectivity index (χ1v) is 13.9. The Kier molecular flexibility index (Phi) is 17.0. The van der Waals surface area contributed by atoms with Gasteiger partial charge in [0, 0.05) is 17.0 Å². The number of amides is 1. The van der Waals surface area contributed by atoms with Crippen molar-refractivity contribution in [3.05, 3.63) is 34.9 Å². The lowest BCUT2D eigenvalue weighted by Crippen LogP contribution is -2.53. The van der Waals surface area contributed by atoms with E-state index in [9.17, 15) is 9.59 Å². The first-order valence-electron chi connectivity index (χ1n) is 13.5. The third-order valence-corrected chi connectivity index (χ3v) is 6.67. The normalized spacial score (nSPS) is 12.5. The predicted octanol–water partition coefficient (Wildman–Crippen LogP) is 8.16. The fourth-order valence-electron chi connectivity index (χ4n) is 4.07. The number of halogens is 1. The van der Waals surface area contributed by atoms with Crippen LogP contribution in [0.1, 0.15) is 127 Å². The van der Waals surface area contributed by atoms with Crippen molar-refractivity contribution in [1.82, 2.24) is 5.32 Å². The van der Waals surface area contributed by atoms with Gasteiger partial charge >= 0.3 is 5.97 Å². The second-order valence-electron chi connectivity index (χ2n) is 9.68. The smallest absolute Gasteiger partial charge is 0.331 e. The Hall–Kier alpha value is -2.06. The van der Waals surface area contributed by atoms with Crippen molar-refractivity contribution in [2.24, 2.45) is 0 Å². The third kappa shape index (κ3) is 14.2. The first-order chi connectivity index (χ1) is 16.9. The van der Waals surface area contributed by atoms with Gasteiger partial charge in [-0.05, 0) is 44.0 Å². The number of nitrogens with one attached hydrogen (secondary N) is 1. The molecule has 0 saturated carbocycles. The van der Waals surface area contributed by atoms with Crippen molar-refractivity contribution >= 4 is 23.5 Å². The van der Waals surface area contributed by atoms with E-state index in [-0.39, 0.29) is 12.8 Å². The molecule has 1 aromatic rings. The molecule has 0 saturated heterocycles. The van der Waals surface area contributed by atoms with Crippen LogP contribution < -0.4 is 5.32 Å². The fourth-order valence-corrected chi connectivity index (χ4v) is 4.19. The third-order valence-electron chi connectivity index (χ3n) is 6.41. The maximum absolute atomic E-state index is 12.8. The minimum atomic E-state index is -1.25. The number of hydrogen-bond donors (Lipinski definition) is 1. The van der Waals surface area contributed by atoms with Crippen LogP contribution in [0.2, 0.25) is 5.02 Å². The Morgan fingerprint density at radius 1 is 0.886 bits per heavy atom. The highest BCUT2D eigenvalue weighted by molar-refractivity contribution is 6.30. The van der Waals surface area contributed by atoms with Gasteiger partial charge in [-0.1, -0.05) is 102 Å². The van der Waals surface area contributed by atoms with Crippen LogP contribution >= 0.6 is 11.6 Å². The molecule has 1 atom stereocenters. The molecule has 0 radical (unpaired) electrons. The summed E-state index contributed by atoms with van der Waals surface area (Å²) in [5.74, 6) is -0.889. The number of hydrogen-bond acceptors (Lipinski definition) is 4. The number of rotatable bonds is 20. The number of carbonyl (C=O) groups excluding carboxylic acids is 2. The lowest BCUT2D eigenvalue weighted by molar-refractivity contribution is -0.151. The van der Waals surface area contributed by atoms with E-state index in [0.29, 0.717) is 17.2 Å². The second kappa shape index (κ2) is 19.2. The van der Waals surface area contributed by atoms with Crippen LogP contribution in [0.15, 0.2) is 24.3 Å². The largest absolute Gasteiger partial charge is 0.464 e. The maximum Gasteiger partial charge on any atom is 0.331 e. The van der Waals surface area contributed by atoms with Gasteiger partial charge in [0.05, 0.1) is 12.7 Å². The molecule has 6 heteroatoms. The maximum atomic E-state index is 12.8. The predicted molar refractivity (Wildman–Crippen MR) is 143 cm³/mol. The van der Waals surface area contributed by atoms with Gasteiger partial charge in [0.2, 0.25) is 0 Å². The average Bonchev–Trinajstić information content (AvgIpc) is 2.85. The standard InChI is InChI=1S/C29H45ClN2O3/c1-3-4-5-6-7-8-9-10-11-12-13-14-15-16-24-35-28(34)29(2,22-17-23-31)32-27(33)25-18-20-26(30)21-19-25/h18-21H,3-17,22,24H2,1-2H3,(H,32,33)/t29-/m1/s1. The molecule has 196 valence electrons. The Labute approximate surface area is 218 Å². The van der Waals surface area contributed by atoms with E-state index >= 15 is 0 Å². The molecule has 0 aromatic heterocycles. The van der Waals surface area contributed by atoms with E-state index in [4.69, 9.17) is 21.6 Å². The number of nitriles is 1. The van der Waals surface area contributed by atoms with Crippen LogP contribution in [0.3, 0.4) is 0 Å². The molecule has 0 aliphatic rings. The fraction of sp³-hybridized carbons (Fsp3) is 0.690. The number of carbonyl (C=O) groups is 2. The average molecular weight is 505 g/mol. The van der Waals surface area contributed by atoms with E-state index in [1.807, 2.05) is 6.07 Å². The van der Waals surface area contributed by atoms with Crippen LogP contribution in [0.5, 0.6) is 0 Å². The minimum absolute atomic E-state index is 0.144. The molecule has 1 aromatic carbocycles.